The van der Waals surface area contributed by atoms with E-state index in [4.69, 9.17) is 5.73 Å². The minimum Gasteiger partial charge on any atom is -0.329 e. The molecule has 3 N–H and O–H groups in total. The molecular formula is C14H29N3O2S. The van der Waals surface area contributed by atoms with E-state index in [1.165, 1.54) is 6.42 Å². The molecule has 3 atom stereocenters. The van der Waals surface area contributed by atoms with E-state index < -0.39 is 15.7 Å². The quantitative estimate of drug-likeness (QED) is 0.828. The van der Waals surface area contributed by atoms with Crippen molar-refractivity contribution in [1.82, 2.24) is 9.03 Å². The van der Waals surface area contributed by atoms with Gasteiger partial charge in [0.15, 0.2) is 0 Å². The van der Waals surface area contributed by atoms with Gasteiger partial charge in [-0.25, -0.2) is 0 Å². The third-order valence-corrected chi connectivity index (χ3v) is 7.02. The molecule has 0 aromatic heterocycles. The topological polar surface area (TPSA) is 75.4 Å². The van der Waals surface area contributed by atoms with Crippen LogP contribution in [0.5, 0.6) is 0 Å². The fourth-order valence-electron chi connectivity index (χ4n) is 3.65. The molecule has 0 aromatic rings. The van der Waals surface area contributed by atoms with Crippen LogP contribution in [0.15, 0.2) is 0 Å². The Balaban J connectivity index is 2.16. The summed E-state index contributed by atoms with van der Waals surface area (Å²) in [6.45, 7) is 5.13. The van der Waals surface area contributed by atoms with Crippen molar-refractivity contribution in [2.75, 3.05) is 13.1 Å². The minimum absolute atomic E-state index is 0.0926. The van der Waals surface area contributed by atoms with Gasteiger partial charge in [-0.2, -0.15) is 17.4 Å². The largest absolute Gasteiger partial charge is 0.329 e. The molecule has 1 heterocycles. The number of piperidine rings is 1. The Morgan fingerprint density at radius 1 is 1.20 bits per heavy atom. The van der Waals surface area contributed by atoms with E-state index in [2.05, 4.69) is 11.6 Å². The zero-order valence-electron chi connectivity index (χ0n) is 12.8. The highest BCUT2D eigenvalue weighted by atomic mass is 32.2. The molecular weight excluding hydrogens is 274 g/mol. The highest BCUT2D eigenvalue weighted by Gasteiger charge is 2.42. The molecule has 0 amide bonds. The maximum absolute atomic E-state index is 12.7. The van der Waals surface area contributed by atoms with Gasteiger partial charge in [0.1, 0.15) is 0 Å². The molecule has 3 unspecified atom stereocenters. The Kier molecular flexibility index (Phi) is 5.10. The molecule has 2 fully saturated rings. The SMILES string of the molecule is CC1CCCCN1S(=O)(=O)NC1(CN)CCCCC1C. The Labute approximate surface area is 123 Å². The van der Waals surface area contributed by atoms with Gasteiger partial charge in [-0.1, -0.05) is 26.2 Å². The van der Waals surface area contributed by atoms with Crippen molar-refractivity contribution in [1.29, 1.82) is 0 Å². The van der Waals surface area contributed by atoms with Gasteiger partial charge >= 0.3 is 0 Å². The normalized spacial score (nSPS) is 37.0. The molecule has 0 aromatic carbocycles. The van der Waals surface area contributed by atoms with Crippen LogP contribution in [-0.4, -0.2) is 37.4 Å². The molecule has 1 aliphatic heterocycles. The van der Waals surface area contributed by atoms with Crippen molar-refractivity contribution < 1.29 is 8.42 Å². The van der Waals surface area contributed by atoms with Crippen molar-refractivity contribution in [2.24, 2.45) is 11.7 Å². The zero-order chi connectivity index (χ0) is 14.8. The number of hydrogen-bond donors (Lipinski definition) is 2. The van der Waals surface area contributed by atoms with E-state index in [9.17, 15) is 8.42 Å². The van der Waals surface area contributed by atoms with Crippen LogP contribution in [0, 0.1) is 5.92 Å². The summed E-state index contributed by atoms with van der Waals surface area (Å²) in [6, 6.07) is 0.0926. The number of nitrogens with one attached hydrogen (secondary N) is 1. The molecule has 6 heteroatoms. The summed E-state index contributed by atoms with van der Waals surface area (Å²) >= 11 is 0. The standard InChI is InChI=1S/C14H29N3O2S/c1-12-7-3-5-9-14(12,11-15)16-20(18,19)17-10-6-4-8-13(17)2/h12-13,16H,3-11,15H2,1-2H3. The summed E-state index contributed by atoms with van der Waals surface area (Å²) in [5.41, 5.74) is 5.50. The molecule has 5 nitrogen and oxygen atoms in total. The third-order valence-electron chi connectivity index (χ3n) is 5.20. The summed E-state index contributed by atoms with van der Waals surface area (Å²) in [5.74, 6) is 0.302. The lowest BCUT2D eigenvalue weighted by Gasteiger charge is -2.44. The first kappa shape index (κ1) is 16.2. The summed E-state index contributed by atoms with van der Waals surface area (Å²) in [6.07, 6.45) is 7.15. The molecule has 0 radical (unpaired) electrons. The molecule has 0 bridgehead atoms. The van der Waals surface area contributed by atoms with E-state index in [-0.39, 0.29) is 6.04 Å². The second-order valence-electron chi connectivity index (χ2n) is 6.57. The van der Waals surface area contributed by atoms with E-state index in [1.54, 1.807) is 4.31 Å². The van der Waals surface area contributed by atoms with Crippen molar-refractivity contribution in [3.05, 3.63) is 0 Å². The van der Waals surface area contributed by atoms with Crippen LogP contribution in [0.3, 0.4) is 0 Å². The third kappa shape index (κ3) is 3.18. The fraction of sp³-hybridized carbons (Fsp3) is 1.00. The number of rotatable bonds is 4. The predicted octanol–water partition coefficient (Wildman–Crippen LogP) is 1.60. The predicted molar refractivity (Wildman–Crippen MR) is 81.5 cm³/mol. The van der Waals surface area contributed by atoms with Gasteiger partial charge in [0.2, 0.25) is 0 Å². The van der Waals surface area contributed by atoms with Crippen LogP contribution in [-0.2, 0) is 10.2 Å². The maximum Gasteiger partial charge on any atom is 0.280 e. The lowest BCUT2D eigenvalue weighted by molar-refractivity contribution is 0.181. The molecule has 118 valence electrons. The average molecular weight is 303 g/mol. The molecule has 1 saturated carbocycles. The van der Waals surface area contributed by atoms with E-state index in [0.29, 0.717) is 19.0 Å². The Hall–Kier alpha value is -0.170. The van der Waals surface area contributed by atoms with Crippen molar-refractivity contribution in [2.45, 2.75) is 70.4 Å². The minimum atomic E-state index is -3.43. The van der Waals surface area contributed by atoms with E-state index in [1.807, 2.05) is 6.92 Å². The summed E-state index contributed by atoms with van der Waals surface area (Å²) < 4.78 is 30.1. The zero-order valence-corrected chi connectivity index (χ0v) is 13.6. The lowest BCUT2D eigenvalue weighted by Crippen LogP contribution is -2.62. The first-order valence-electron chi connectivity index (χ1n) is 7.92. The number of nitrogens with zero attached hydrogens (tertiary/aromatic N) is 1. The second-order valence-corrected chi connectivity index (χ2v) is 8.19. The van der Waals surface area contributed by atoms with Gasteiger partial charge in [0, 0.05) is 24.7 Å². The molecule has 2 aliphatic rings. The van der Waals surface area contributed by atoms with Gasteiger partial charge in [0.05, 0.1) is 0 Å². The van der Waals surface area contributed by atoms with Crippen LogP contribution in [0.2, 0.25) is 0 Å². The van der Waals surface area contributed by atoms with Gasteiger partial charge in [-0.3, -0.25) is 0 Å². The number of hydrogen-bond acceptors (Lipinski definition) is 3. The Bertz CT molecular complexity index is 426. The van der Waals surface area contributed by atoms with Gasteiger partial charge in [-0.15, -0.1) is 0 Å². The van der Waals surface area contributed by atoms with Gasteiger partial charge in [0.25, 0.3) is 10.2 Å². The Morgan fingerprint density at radius 2 is 1.90 bits per heavy atom. The van der Waals surface area contributed by atoms with Gasteiger partial charge in [-0.05, 0) is 38.5 Å². The van der Waals surface area contributed by atoms with Crippen LogP contribution in [0.4, 0.5) is 0 Å². The highest BCUT2D eigenvalue weighted by molar-refractivity contribution is 7.87. The smallest absolute Gasteiger partial charge is 0.280 e. The number of nitrogens with two attached hydrogens (primary N) is 1. The second kappa shape index (κ2) is 6.30. The molecule has 20 heavy (non-hydrogen) atoms. The molecule has 2 rings (SSSR count). The lowest BCUT2D eigenvalue weighted by atomic mass is 9.74. The fourth-order valence-corrected chi connectivity index (χ4v) is 5.62. The van der Waals surface area contributed by atoms with Crippen LogP contribution in [0.1, 0.15) is 58.8 Å². The van der Waals surface area contributed by atoms with E-state index >= 15 is 0 Å². The summed E-state index contributed by atoms with van der Waals surface area (Å²) in [5, 5.41) is 0. The van der Waals surface area contributed by atoms with Crippen molar-refractivity contribution in [3.8, 4) is 0 Å². The summed E-state index contributed by atoms with van der Waals surface area (Å²) in [4.78, 5) is 0. The van der Waals surface area contributed by atoms with Crippen LogP contribution >= 0.6 is 0 Å². The van der Waals surface area contributed by atoms with Crippen molar-refractivity contribution in [3.63, 3.8) is 0 Å². The monoisotopic (exact) mass is 303 g/mol. The molecule has 1 saturated heterocycles. The maximum atomic E-state index is 12.7. The summed E-state index contributed by atoms with van der Waals surface area (Å²) in [7, 11) is -3.43. The first-order chi connectivity index (χ1) is 9.41. The van der Waals surface area contributed by atoms with E-state index in [0.717, 1.165) is 38.5 Å². The van der Waals surface area contributed by atoms with Gasteiger partial charge < -0.3 is 5.73 Å². The molecule has 0 spiro atoms. The average Bonchev–Trinajstić information content (AvgIpc) is 2.41. The van der Waals surface area contributed by atoms with Crippen LogP contribution in [0.25, 0.3) is 0 Å². The highest BCUT2D eigenvalue weighted by Crippen LogP contribution is 2.34. The Morgan fingerprint density at radius 3 is 2.50 bits per heavy atom. The van der Waals surface area contributed by atoms with Crippen LogP contribution < -0.4 is 10.5 Å². The first-order valence-corrected chi connectivity index (χ1v) is 9.36. The molecule has 1 aliphatic carbocycles. The van der Waals surface area contributed by atoms with Crippen molar-refractivity contribution >= 4 is 10.2 Å².